The highest BCUT2D eigenvalue weighted by atomic mass is 16.2. The molecule has 2 rings (SSSR count). The van der Waals surface area contributed by atoms with E-state index < -0.39 is 0 Å². The number of rotatable bonds is 3. The van der Waals surface area contributed by atoms with Crippen molar-refractivity contribution in [2.45, 2.75) is 70.4 Å². The Hall–Kier alpha value is -0.570. The van der Waals surface area contributed by atoms with Crippen molar-refractivity contribution in [3.05, 3.63) is 0 Å². The topological polar surface area (TPSA) is 55.1 Å². The smallest absolute Gasteiger partial charge is 0.225 e. The highest BCUT2D eigenvalue weighted by Crippen LogP contribution is 2.36. The molecule has 0 aromatic heterocycles. The molecule has 0 spiro atoms. The van der Waals surface area contributed by atoms with Crippen LogP contribution in [0.5, 0.6) is 0 Å². The van der Waals surface area contributed by atoms with Crippen LogP contribution in [0.25, 0.3) is 0 Å². The molecule has 0 aromatic carbocycles. The zero-order valence-corrected chi connectivity index (χ0v) is 11.2. The fourth-order valence-electron chi connectivity index (χ4n) is 3.27. The number of nitrogens with two attached hydrogens (primary N) is 1. The molecule has 3 N–H and O–H groups in total. The summed E-state index contributed by atoms with van der Waals surface area (Å²) in [4.78, 5) is 12.3. The third kappa shape index (κ3) is 2.49. The van der Waals surface area contributed by atoms with Gasteiger partial charge in [-0.05, 0) is 44.4 Å². The lowest BCUT2D eigenvalue weighted by Gasteiger charge is -2.44. The van der Waals surface area contributed by atoms with Crippen LogP contribution in [0.1, 0.15) is 58.8 Å². The maximum absolute atomic E-state index is 12.3. The van der Waals surface area contributed by atoms with E-state index in [-0.39, 0.29) is 23.4 Å². The van der Waals surface area contributed by atoms with E-state index in [0.717, 1.165) is 32.1 Å². The van der Waals surface area contributed by atoms with E-state index in [1.165, 1.54) is 12.8 Å². The Morgan fingerprint density at radius 1 is 1.35 bits per heavy atom. The van der Waals surface area contributed by atoms with Crippen LogP contribution in [-0.2, 0) is 4.79 Å². The van der Waals surface area contributed by atoms with Gasteiger partial charge in [0.15, 0.2) is 0 Å². The van der Waals surface area contributed by atoms with E-state index in [1.807, 2.05) is 0 Å². The summed E-state index contributed by atoms with van der Waals surface area (Å²) in [6.07, 6.45) is 7.88. The third-order valence-electron chi connectivity index (χ3n) is 5.01. The van der Waals surface area contributed by atoms with Crippen molar-refractivity contribution in [2.24, 2.45) is 17.6 Å². The Morgan fingerprint density at radius 3 is 2.59 bits per heavy atom. The molecule has 2 fully saturated rings. The van der Waals surface area contributed by atoms with E-state index in [2.05, 4.69) is 19.2 Å². The van der Waals surface area contributed by atoms with Gasteiger partial charge in [-0.1, -0.05) is 20.3 Å². The van der Waals surface area contributed by atoms with Crippen LogP contribution < -0.4 is 11.1 Å². The fourth-order valence-corrected chi connectivity index (χ4v) is 3.27. The van der Waals surface area contributed by atoms with Crippen LogP contribution in [0, 0.1) is 11.8 Å². The molecule has 0 radical (unpaired) electrons. The zero-order chi connectivity index (χ0) is 12.5. The van der Waals surface area contributed by atoms with E-state index in [4.69, 9.17) is 5.73 Å². The van der Waals surface area contributed by atoms with Gasteiger partial charge in [0.05, 0.1) is 5.92 Å². The normalized spacial score (nSPS) is 36.1. The number of hydrogen-bond acceptors (Lipinski definition) is 2. The lowest BCUT2D eigenvalue weighted by atomic mass is 9.73. The maximum atomic E-state index is 12.3. The van der Waals surface area contributed by atoms with Gasteiger partial charge < -0.3 is 11.1 Å². The summed E-state index contributed by atoms with van der Waals surface area (Å²) < 4.78 is 0. The van der Waals surface area contributed by atoms with Gasteiger partial charge in [0.2, 0.25) is 5.91 Å². The first-order chi connectivity index (χ1) is 8.08. The van der Waals surface area contributed by atoms with Crippen molar-refractivity contribution in [1.82, 2.24) is 5.32 Å². The predicted octanol–water partition coefficient (Wildman–Crippen LogP) is 2.20. The molecule has 0 aromatic rings. The highest BCUT2D eigenvalue weighted by molar-refractivity contribution is 5.80. The molecule has 3 unspecified atom stereocenters. The summed E-state index contributed by atoms with van der Waals surface area (Å²) in [7, 11) is 0. The highest BCUT2D eigenvalue weighted by Gasteiger charge is 2.40. The molecule has 3 nitrogen and oxygen atoms in total. The molecule has 3 atom stereocenters. The second-order valence-corrected chi connectivity index (χ2v) is 6.07. The Labute approximate surface area is 105 Å². The number of carbonyl (C=O) groups excluding carboxylic acids is 1. The SMILES string of the molecule is CCC1(NC(=O)C2CCCC(C)C2N)CCC1. The van der Waals surface area contributed by atoms with Gasteiger partial charge in [-0.25, -0.2) is 0 Å². The van der Waals surface area contributed by atoms with Crippen LogP contribution >= 0.6 is 0 Å². The Bertz CT molecular complexity index is 280. The molecule has 2 aliphatic carbocycles. The van der Waals surface area contributed by atoms with Crippen LogP contribution in [0.3, 0.4) is 0 Å². The zero-order valence-electron chi connectivity index (χ0n) is 11.2. The van der Waals surface area contributed by atoms with Crippen molar-refractivity contribution in [3.63, 3.8) is 0 Å². The standard InChI is InChI=1S/C14H26N2O/c1-3-14(8-5-9-14)16-13(17)11-7-4-6-10(2)12(11)15/h10-12H,3-9,15H2,1-2H3,(H,16,17). The van der Waals surface area contributed by atoms with Crippen LogP contribution in [0.2, 0.25) is 0 Å². The number of nitrogens with one attached hydrogen (secondary N) is 1. The minimum atomic E-state index is 0.0442. The lowest BCUT2D eigenvalue weighted by molar-refractivity contribution is -0.130. The van der Waals surface area contributed by atoms with Gasteiger partial charge >= 0.3 is 0 Å². The molecule has 3 heteroatoms. The van der Waals surface area contributed by atoms with Crippen molar-refractivity contribution < 1.29 is 4.79 Å². The molecule has 0 aliphatic heterocycles. The average Bonchev–Trinajstić information content (AvgIpc) is 2.27. The van der Waals surface area contributed by atoms with Gasteiger partial charge in [-0.2, -0.15) is 0 Å². The van der Waals surface area contributed by atoms with Gasteiger partial charge in [0.25, 0.3) is 0 Å². The van der Waals surface area contributed by atoms with Crippen molar-refractivity contribution in [1.29, 1.82) is 0 Å². The largest absolute Gasteiger partial charge is 0.350 e. The molecule has 0 heterocycles. The van der Waals surface area contributed by atoms with E-state index in [9.17, 15) is 4.79 Å². The van der Waals surface area contributed by atoms with Gasteiger partial charge in [0.1, 0.15) is 0 Å². The van der Waals surface area contributed by atoms with Gasteiger partial charge in [-0.3, -0.25) is 4.79 Å². The predicted molar refractivity (Wildman–Crippen MR) is 69.5 cm³/mol. The number of hydrogen-bond donors (Lipinski definition) is 2. The van der Waals surface area contributed by atoms with Crippen molar-refractivity contribution in [2.75, 3.05) is 0 Å². The van der Waals surface area contributed by atoms with Crippen molar-refractivity contribution in [3.8, 4) is 0 Å². The van der Waals surface area contributed by atoms with Gasteiger partial charge in [-0.15, -0.1) is 0 Å². The molecule has 0 bridgehead atoms. The molecule has 98 valence electrons. The monoisotopic (exact) mass is 238 g/mol. The summed E-state index contributed by atoms with van der Waals surface area (Å²) in [6.45, 7) is 4.34. The second kappa shape index (κ2) is 4.97. The van der Waals surface area contributed by atoms with E-state index in [1.54, 1.807) is 0 Å². The summed E-state index contributed by atoms with van der Waals surface area (Å²) in [5.74, 6) is 0.742. The Morgan fingerprint density at radius 2 is 2.06 bits per heavy atom. The summed E-state index contributed by atoms with van der Waals surface area (Å²) in [6, 6.07) is 0.0535. The van der Waals surface area contributed by atoms with Crippen LogP contribution in [-0.4, -0.2) is 17.5 Å². The minimum absolute atomic E-state index is 0.0442. The summed E-state index contributed by atoms with van der Waals surface area (Å²) in [5, 5.41) is 3.28. The quantitative estimate of drug-likeness (QED) is 0.792. The Balaban J connectivity index is 1.95. The molecular formula is C14H26N2O. The molecule has 2 saturated carbocycles. The second-order valence-electron chi connectivity index (χ2n) is 6.07. The number of amides is 1. The maximum Gasteiger partial charge on any atom is 0.225 e. The molecular weight excluding hydrogens is 212 g/mol. The first-order valence-electron chi connectivity index (χ1n) is 7.15. The number of carbonyl (C=O) groups is 1. The van der Waals surface area contributed by atoms with E-state index >= 15 is 0 Å². The first-order valence-corrected chi connectivity index (χ1v) is 7.15. The summed E-state index contributed by atoms with van der Waals surface area (Å²) in [5.41, 5.74) is 6.29. The van der Waals surface area contributed by atoms with Crippen molar-refractivity contribution >= 4 is 5.91 Å². The molecule has 17 heavy (non-hydrogen) atoms. The van der Waals surface area contributed by atoms with Gasteiger partial charge in [0, 0.05) is 11.6 Å². The Kier molecular flexibility index (Phi) is 3.76. The third-order valence-corrected chi connectivity index (χ3v) is 5.01. The lowest BCUT2D eigenvalue weighted by Crippen LogP contribution is -2.57. The molecule has 0 saturated heterocycles. The first kappa shape index (κ1) is 12.9. The van der Waals surface area contributed by atoms with Crippen LogP contribution in [0.15, 0.2) is 0 Å². The summed E-state index contributed by atoms with van der Waals surface area (Å²) >= 11 is 0. The van der Waals surface area contributed by atoms with E-state index in [0.29, 0.717) is 5.92 Å². The molecule has 2 aliphatic rings. The minimum Gasteiger partial charge on any atom is -0.350 e. The van der Waals surface area contributed by atoms with Crippen LogP contribution in [0.4, 0.5) is 0 Å². The average molecular weight is 238 g/mol. The molecule has 1 amide bonds. The fraction of sp³-hybridized carbons (Fsp3) is 0.929.